The van der Waals surface area contributed by atoms with Crippen molar-refractivity contribution in [3.8, 4) is 0 Å². The van der Waals surface area contributed by atoms with Crippen molar-refractivity contribution in [2.45, 2.75) is 13.8 Å². The van der Waals surface area contributed by atoms with Crippen LogP contribution in [0.4, 0.5) is 0 Å². The standard InChI is InChI=1S/C19H17N/c1-14-7-9-16(10-8-14)11-12-17-13-15(2)20-19-6-4-3-5-18(17)19/h3-13H,1-2H3/b12-11+. The van der Waals surface area contributed by atoms with E-state index >= 15 is 0 Å². The fourth-order valence-electron chi connectivity index (χ4n) is 2.34. The molecule has 3 rings (SSSR count). The topological polar surface area (TPSA) is 12.9 Å². The van der Waals surface area contributed by atoms with Gasteiger partial charge in [0.2, 0.25) is 0 Å². The number of pyridine rings is 1. The summed E-state index contributed by atoms with van der Waals surface area (Å²) in [5.74, 6) is 0. The molecule has 0 amide bonds. The van der Waals surface area contributed by atoms with E-state index in [1.54, 1.807) is 0 Å². The minimum absolute atomic E-state index is 1.05. The van der Waals surface area contributed by atoms with Crippen molar-refractivity contribution < 1.29 is 0 Å². The number of hydrogen-bond donors (Lipinski definition) is 0. The van der Waals surface area contributed by atoms with Crippen LogP contribution in [0.5, 0.6) is 0 Å². The highest BCUT2D eigenvalue weighted by Gasteiger charge is 2.00. The van der Waals surface area contributed by atoms with Gasteiger partial charge >= 0.3 is 0 Å². The summed E-state index contributed by atoms with van der Waals surface area (Å²) < 4.78 is 0. The minimum Gasteiger partial charge on any atom is -0.253 e. The molecule has 1 aromatic heterocycles. The molecule has 98 valence electrons. The van der Waals surface area contributed by atoms with Gasteiger partial charge in [0.05, 0.1) is 5.52 Å². The molecule has 0 saturated heterocycles. The third-order valence-electron chi connectivity index (χ3n) is 3.41. The zero-order valence-electron chi connectivity index (χ0n) is 11.8. The fourth-order valence-corrected chi connectivity index (χ4v) is 2.34. The van der Waals surface area contributed by atoms with Crippen molar-refractivity contribution in [3.05, 3.63) is 77.0 Å². The van der Waals surface area contributed by atoms with E-state index in [0.29, 0.717) is 0 Å². The molecule has 0 aliphatic heterocycles. The first-order valence-corrected chi connectivity index (χ1v) is 6.83. The zero-order valence-corrected chi connectivity index (χ0v) is 11.8. The lowest BCUT2D eigenvalue weighted by Crippen LogP contribution is -1.86. The molecule has 0 aliphatic carbocycles. The van der Waals surface area contributed by atoms with Gasteiger partial charge in [0, 0.05) is 11.1 Å². The Morgan fingerprint density at radius 2 is 1.60 bits per heavy atom. The lowest BCUT2D eigenvalue weighted by molar-refractivity contribution is 1.25. The summed E-state index contributed by atoms with van der Waals surface area (Å²) in [7, 11) is 0. The Kier molecular flexibility index (Phi) is 3.34. The molecule has 0 N–H and O–H groups in total. The lowest BCUT2D eigenvalue weighted by atomic mass is 10.1. The van der Waals surface area contributed by atoms with Gasteiger partial charge in [0.15, 0.2) is 0 Å². The van der Waals surface area contributed by atoms with E-state index in [9.17, 15) is 0 Å². The Hall–Kier alpha value is -2.41. The molecule has 2 aromatic carbocycles. The van der Waals surface area contributed by atoms with Gasteiger partial charge in [-0.05, 0) is 37.1 Å². The Bertz CT molecular complexity index is 767. The number of aromatic nitrogens is 1. The van der Waals surface area contributed by atoms with Crippen LogP contribution in [0.15, 0.2) is 54.6 Å². The van der Waals surface area contributed by atoms with Crippen molar-refractivity contribution in [3.63, 3.8) is 0 Å². The van der Waals surface area contributed by atoms with Gasteiger partial charge in [-0.15, -0.1) is 0 Å². The highest BCUT2D eigenvalue weighted by molar-refractivity contribution is 5.90. The molecule has 0 aliphatic rings. The first-order valence-electron chi connectivity index (χ1n) is 6.83. The van der Waals surface area contributed by atoms with E-state index in [4.69, 9.17) is 0 Å². The molecule has 3 aromatic rings. The maximum atomic E-state index is 4.57. The van der Waals surface area contributed by atoms with Crippen molar-refractivity contribution in [1.29, 1.82) is 0 Å². The number of rotatable bonds is 2. The molecular weight excluding hydrogens is 242 g/mol. The van der Waals surface area contributed by atoms with E-state index in [1.165, 1.54) is 22.1 Å². The highest BCUT2D eigenvalue weighted by Crippen LogP contribution is 2.20. The van der Waals surface area contributed by atoms with Gasteiger partial charge in [-0.25, -0.2) is 0 Å². The van der Waals surface area contributed by atoms with Gasteiger partial charge < -0.3 is 0 Å². The van der Waals surface area contributed by atoms with E-state index < -0.39 is 0 Å². The molecule has 0 unspecified atom stereocenters. The molecule has 0 spiro atoms. The number of aryl methyl sites for hydroxylation is 2. The average molecular weight is 259 g/mol. The SMILES string of the molecule is Cc1ccc(/C=C/c2cc(C)nc3ccccc23)cc1. The summed E-state index contributed by atoms with van der Waals surface area (Å²) in [6, 6.07) is 19.0. The molecule has 20 heavy (non-hydrogen) atoms. The quantitative estimate of drug-likeness (QED) is 0.629. The normalized spacial score (nSPS) is 11.3. The summed E-state index contributed by atoms with van der Waals surface area (Å²) in [6.45, 7) is 4.14. The molecule has 0 bridgehead atoms. The van der Waals surface area contributed by atoms with Crippen LogP contribution in [0.3, 0.4) is 0 Å². The van der Waals surface area contributed by atoms with Crippen molar-refractivity contribution in [2.24, 2.45) is 0 Å². The molecule has 0 atom stereocenters. The number of fused-ring (bicyclic) bond motifs is 1. The molecule has 1 nitrogen and oxygen atoms in total. The third-order valence-corrected chi connectivity index (χ3v) is 3.41. The van der Waals surface area contributed by atoms with Gasteiger partial charge in [-0.1, -0.05) is 60.2 Å². The number of nitrogens with zero attached hydrogens (tertiary/aromatic N) is 1. The second-order valence-electron chi connectivity index (χ2n) is 5.11. The predicted octanol–water partition coefficient (Wildman–Crippen LogP) is 5.02. The second-order valence-corrected chi connectivity index (χ2v) is 5.11. The molecule has 0 radical (unpaired) electrons. The van der Waals surface area contributed by atoms with Crippen molar-refractivity contribution >= 4 is 23.1 Å². The molecular formula is C19H17N. The summed E-state index contributed by atoms with van der Waals surface area (Å²) in [6.07, 6.45) is 4.32. The molecule has 0 saturated carbocycles. The number of hydrogen-bond acceptors (Lipinski definition) is 1. The van der Waals surface area contributed by atoms with Crippen LogP contribution in [-0.2, 0) is 0 Å². The summed E-state index contributed by atoms with van der Waals surface area (Å²) in [4.78, 5) is 4.57. The number of para-hydroxylation sites is 1. The molecule has 1 heteroatoms. The first kappa shape index (κ1) is 12.6. The minimum atomic E-state index is 1.05. The van der Waals surface area contributed by atoms with Crippen LogP contribution in [-0.4, -0.2) is 4.98 Å². The Morgan fingerprint density at radius 1 is 0.850 bits per heavy atom. The average Bonchev–Trinajstić information content (AvgIpc) is 2.46. The Balaban J connectivity index is 2.04. The van der Waals surface area contributed by atoms with E-state index in [-0.39, 0.29) is 0 Å². The van der Waals surface area contributed by atoms with Crippen molar-refractivity contribution in [2.75, 3.05) is 0 Å². The van der Waals surface area contributed by atoms with Crippen molar-refractivity contribution in [1.82, 2.24) is 4.98 Å². The summed E-state index contributed by atoms with van der Waals surface area (Å²) >= 11 is 0. The maximum Gasteiger partial charge on any atom is 0.0711 e. The van der Waals surface area contributed by atoms with E-state index in [0.717, 1.165) is 11.2 Å². The highest BCUT2D eigenvalue weighted by atomic mass is 14.7. The van der Waals surface area contributed by atoms with Crippen LogP contribution >= 0.6 is 0 Å². The summed E-state index contributed by atoms with van der Waals surface area (Å²) in [5, 5.41) is 1.20. The Morgan fingerprint density at radius 3 is 2.40 bits per heavy atom. The maximum absolute atomic E-state index is 4.57. The zero-order chi connectivity index (χ0) is 13.9. The van der Waals surface area contributed by atoms with E-state index in [2.05, 4.69) is 72.6 Å². The van der Waals surface area contributed by atoms with Gasteiger partial charge in [0.1, 0.15) is 0 Å². The van der Waals surface area contributed by atoms with E-state index in [1.807, 2.05) is 13.0 Å². The largest absolute Gasteiger partial charge is 0.253 e. The van der Waals surface area contributed by atoms with Crippen LogP contribution in [0, 0.1) is 13.8 Å². The number of benzene rings is 2. The second kappa shape index (κ2) is 5.30. The predicted molar refractivity (Wildman–Crippen MR) is 86.6 cm³/mol. The van der Waals surface area contributed by atoms with Gasteiger partial charge in [-0.2, -0.15) is 0 Å². The fraction of sp³-hybridized carbons (Fsp3) is 0.105. The molecule has 0 fully saturated rings. The van der Waals surface area contributed by atoms with Crippen LogP contribution in [0.2, 0.25) is 0 Å². The summed E-state index contributed by atoms with van der Waals surface area (Å²) in [5.41, 5.74) is 5.82. The smallest absolute Gasteiger partial charge is 0.0711 e. The van der Waals surface area contributed by atoms with Crippen LogP contribution in [0.25, 0.3) is 23.1 Å². The van der Waals surface area contributed by atoms with Crippen LogP contribution < -0.4 is 0 Å². The molecule has 1 heterocycles. The van der Waals surface area contributed by atoms with Crippen LogP contribution in [0.1, 0.15) is 22.4 Å². The van der Waals surface area contributed by atoms with Gasteiger partial charge in [-0.3, -0.25) is 4.98 Å². The lowest BCUT2D eigenvalue weighted by Gasteiger charge is -2.04. The first-order chi connectivity index (χ1) is 9.72. The van der Waals surface area contributed by atoms with Gasteiger partial charge in [0.25, 0.3) is 0 Å². The third kappa shape index (κ3) is 2.62. The monoisotopic (exact) mass is 259 g/mol. The Labute approximate surface area is 119 Å².